The first-order chi connectivity index (χ1) is 7.20. The molecular weight excluding hydrogens is 202 g/mol. The summed E-state index contributed by atoms with van der Waals surface area (Å²) < 4.78 is 0. The highest BCUT2D eigenvalue weighted by atomic mass is 32.1. The highest BCUT2D eigenvalue weighted by molar-refractivity contribution is 7.79. The van der Waals surface area contributed by atoms with Crippen LogP contribution in [-0.4, -0.2) is 31.3 Å². The summed E-state index contributed by atoms with van der Waals surface area (Å²) in [5, 5.41) is 0. The second-order valence-corrected chi connectivity index (χ2v) is 3.28. The molecule has 1 rings (SSSR count). The molecule has 0 N–H and O–H groups in total. The number of thiol groups is 1. The molecule has 0 saturated carbocycles. The first kappa shape index (κ1) is 16.9. The smallest absolute Gasteiger partial charge is 0.000959 e. The van der Waals surface area contributed by atoms with Gasteiger partial charge < -0.3 is 4.90 Å². The quantitative estimate of drug-likeness (QED) is 0.557. The van der Waals surface area contributed by atoms with E-state index in [4.69, 9.17) is 0 Å². The minimum atomic E-state index is 1.27. The molecule has 0 aromatic rings. The van der Waals surface area contributed by atoms with Gasteiger partial charge in [-0.2, -0.15) is 12.6 Å². The Labute approximate surface area is 101 Å². The molecule has 0 amide bonds. The Bertz CT molecular complexity index is 191. The second kappa shape index (κ2) is 13.5. The molecule has 88 valence electrons. The molecule has 0 spiro atoms. The minimum Gasteiger partial charge on any atom is -0.306 e. The van der Waals surface area contributed by atoms with Gasteiger partial charge in [-0.3, -0.25) is 0 Å². The van der Waals surface area contributed by atoms with Gasteiger partial charge >= 0.3 is 0 Å². The van der Waals surface area contributed by atoms with Crippen LogP contribution in [0.4, 0.5) is 0 Å². The van der Waals surface area contributed by atoms with Gasteiger partial charge in [-0.05, 0) is 46.7 Å². The second-order valence-electron chi connectivity index (χ2n) is 3.28. The van der Waals surface area contributed by atoms with Crippen LogP contribution in [0.15, 0.2) is 36.5 Å². The highest BCUT2D eigenvalue weighted by Crippen LogP contribution is 1.98. The van der Waals surface area contributed by atoms with E-state index in [-0.39, 0.29) is 0 Å². The fourth-order valence-corrected chi connectivity index (χ4v) is 0.790. The van der Waals surface area contributed by atoms with Crippen LogP contribution in [0, 0.1) is 0 Å². The van der Waals surface area contributed by atoms with Gasteiger partial charge in [0.15, 0.2) is 0 Å². The predicted octanol–water partition coefficient (Wildman–Crippen LogP) is 3.56. The average molecular weight is 227 g/mol. The van der Waals surface area contributed by atoms with E-state index in [2.05, 4.69) is 44.2 Å². The van der Waals surface area contributed by atoms with Crippen molar-refractivity contribution in [2.75, 3.05) is 26.4 Å². The largest absolute Gasteiger partial charge is 0.306 e. The van der Waals surface area contributed by atoms with Crippen LogP contribution >= 0.6 is 12.6 Å². The third kappa shape index (κ3) is 13.5. The summed E-state index contributed by atoms with van der Waals surface area (Å²) in [6.07, 6.45) is 10.9. The van der Waals surface area contributed by atoms with Crippen molar-refractivity contribution in [3.8, 4) is 0 Å². The van der Waals surface area contributed by atoms with E-state index in [1.54, 1.807) is 12.3 Å². The topological polar surface area (TPSA) is 3.24 Å². The van der Waals surface area contributed by atoms with Gasteiger partial charge in [0, 0.05) is 0 Å². The lowest BCUT2D eigenvalue weighted by atomic mass is 10.3. The van der Waals surface area contributed by atoms with Crippen LogP contribution in [0.3, 0.4) is 0 Å². The number of hydrogen-bond donors (Lipinski definition) is 1. The number of rotatable bonds is 2. The molecule has 0 aliphatic carbocycles. The van der Waals surface area contributed by atoms with Crippen LogP contribution in [0.5, 0.6) is 0 Å². The SMILES string of the molecule is C=C/C=C\C(C)=C/C.CN1CCC1.CS. The Morgan fingerprint density at radius 1 is 1.33 bits per heavy atom. The molecule has 0 aromatic carbocycles. The third-order valence-electron chi connectivity index (χ3n) is 2.03. The summed E-state index contributed by atoms with van der Waals surface area (Å²) in [5.41, 5.74) is 1.27. The Morgan fingerprint density at radius 3 is 2.00 bits per heavy atom. The number of nitrogens with zero attached hydrogens (tertiary/aromatic N) is 1. The van der Waals surface area contributed by atoms with Crippen molar-refractivity contribution in [3.05, 3.63) is 36.5 Å². The molecule has 0 radical (unpaired) electrons. The van der Waals surface area contributed by atoms with Crippen molar-refractivity contribution < 1.29 is 0 Å². The number of hydrogen-bond acceptors (Lipinski definition) is 2. The van der Waals surface area contributed by atoms with Crippen molar-refractivity contribution in [2.24, 2.45) is 0 Å². The molecule has 1 nitrogen and oxygen atoms in total. The summed E-state index contributed by atoms with van der Waals surface area (Å²) in [5.74, 6) is 0. The van der Waals surface area contributed by atoms with Gasteiger partial charge in [-0.25, -0.2) is 0 Å². The molecule has 0 aromatic heterocycles. The third-order valence-corrected chi connectivity index (χ3v) is 2.03. The van der Waals surface area contributed by atoms with Crippen LogP contribution in [0.2, 0.25) is 0 Å². The summed E-state index contributed by atoms with van der Waals surface area (Å²) in [4.78, 5) is 2.31. The van der Waals surface area contributed by atoms with Gasteiger partial charge in [0.1, 0.15) is 0 Å². The van der Waals surface area contributed by atoms with Crippen molar-refractivity contribution >= 4 is 12.6 Å². The van der Waals surface area contributed by atoms with E-state index in [1.807, 2.05) is 19.1 Å². The monoisotopic (exact) mass is 227 g/mol. The summed E-state index contributed by atoms with van der Waals surface area (Å²) in [7, 11) is 2.14. The van der Waals surface area contributed by atoms with E-state index < -0.39 is 0 Å². The van der Waals surface area contributed by atoms with Gasteiger partial charge in [-0.15, -0.1) is 0 Å². The van der Waals surface area contributed by atoms with Crippen LogP contribution < -0.4 is 0 Å². The molecule has 1 heterocycles. The molecular formula is C13H25NS. The average Bonchev–Trinajstić information content (AvgIpc) is 2.26. The standard InChI is InChI=1S/C8H12.C4H9N.CH4S/c1-4-6-7-8(3)5-2;1-5-3-2-4-5;1-2/h4-7H,1H2,2-3H3;2-4H2,1H3;2H,1H3/b7-6-,8-5-;;. The Hall–Kier alpha value is -0.470. The summed E-state index contributed by atoms with van der Waals surface area (Å²) >= 11 is 3.53. The number of likely N-dealkylation sites (tertiary alicyclic amines) is 1. The van der Waals surface area contributed by atoms with E-state index in [0.717, 1.165) is 0 Å². The molecule has 1 aliphatic heterocycles. The molecule has 0 bridgehead atoms. The summed E-state index contributed by atoms with van der Waals surface area (Å²) in [6.45, 7) is 10.3. The van der Waals surface area contributed by atoms with Gasteiger partial charge in [0.05, 0.1) is 0 Å². The lowest BCUT2D eigenvalue weighted by molar-refractivity contribution is 0.229. The van der Waals surface area contributed by atoms with Gasteiger partial charge in [0.25, 0.3) is 0 Å². The zero-order valence-electron chi connectivity index (χ0n) is 10.5. The van der Waals surface area contributed by atoms with Crippen molar-refractivity contribution in [1.29, 1.82) is 0 Å². The van der Waals surface area contributed by atoms with Crippen LogP contribution in [0.1, 0.15) is 20.3 Å². The lowest BCUT2D eigenvalue weighted by Gasteiger charge is -2.24. The fourth-order valence-electron chi connectivity index (χ4n) is 0.790. The minimum absolute atomic E-state index is 1.27. The molecule has 1 saturated heterocycles. The zero-order valence-corrected chi connectivity index (χ0v) is 11.4. The molecule has 2 heteroatoms. The molecule has 0 atom stereocenters. The molecule has 0 unspecified atom stereocenters. The maximum Gasteiger partial charge on any atom is -0.000959 e. The van der Waals surface area contributed by atoms with Crippen LogP contribution in [0.25, 0.3) is 0 Å². The van der Waals surface area contributed by atoms with Gasteiger partial charge in [0.2, 0.25) is 0 Å². The zero-order chi connectivity index (χ0) is 12.1. The van der Waals surface area contributed by atoms with E-state index >= 15 is 0 Å². The lowest BCUT2D eigenvalue weighted by Crippen LogP contribution is -2.32. The fraction of sp³-hybridized carbons (Fsp3) is 0.538. The molecule has 1 fully saturated rings. The normalized spacial score (nSPS) is 15.7. The number of allylic oxidation sites excluding steroid dienone is 5. The van der Waals surface area contributed by atoms with Crippen LogP contribution in [-0.2, 0) is 0 Å². The van der Waals surface area contributed by atoms with Crippen molar-refractivity contribution in [1.82, 2.24) is 4.90 Å². The van der Waals surface area contributed by atoms with Gasteiger partial charge in [-0.1, -0.05) is 36.5 Å². The van der Waals surface area contributed by atoms with E-state index in [1.165, 1.54) is 25.1 Å². The Kier molecular flexibility index (Phi) is 15.3. The maximum absolute atomic E-state index is 3.55. The predicted molar refractivity (Wildman–Crippen MR) is 75.8 cm³/mol. The first-order valence-corrected chi connectivity index (χ1v) is 6.15. The Morgan fingerprint density at radius 2 is 1.80 bits per heavy atom. The maximum atomic E-state index is 3.55. The molecule has 15 heavy (non-hydrogen) atoms. The molecule has 1 aliphatic rings. The van der Waals surface area contributed by atoms with Crippen molar-refractivity contribution in [2.45, 2.75) is 20.3 Å². The highest BCUT2D eigenvalue weighted by Gasteiger charge is 2.04. The van der Waals surface area contributed by atoms with Crippen molar-refractivity contribution in [3.63, 3.8) is 0 Å². The van der Waals surface area contributed by atoms with E-state index in [9.17, 15) is 0 Å². The Balaban J connectivity index is 0. The van der Waals surface area contributed by atoms with E-state index in [0.29, 0.717) is 0 Å². The first-order valence-electron chi connectivity index (χ1n) is 5.26. The summed E-state index contributed by atoms with van der Waals surface area (Å²) in [6, 6.07) is 0.